The molecular weight excluding hydrogens is 308 g/mol. The van der Waals surface area contributed by atoms with E-state index in [0.717, 1.165) is 12.1 Å². The number of nitrogens with zero attached hydrogens (tertiary/aromatic N) is 3. The van der Waals surface area contributed by atoms with Crippen LogP contribution in [-0.4, -0.2) is 59.9 Å². The fourth-order valence-electron chi connectivity index (χ4n) is 3.78. The molecule has 1 aromatic rings. The monoisotopic (exact) mass is 332 g/mol. The number of fused-ring (bicyclic) bond motifs is 4. The number of rotatable bonds is 3. The maximum Gasteiger partial charge on any atom is 0.274 e. The Kier molecular flexibility index (Phi) is 4.45. The number of pyridine rings is 1. The topological polar surface area (TPSA) is 74.7 Å². The lowest BCUT2D eigenvalue weighted by atomic mass is 9.83. The van der Waals surface area contributed by atoms with Crippen LogP contribution < -0.4 is 10.9 Å². The molecule has 1 aromatic heterocycles. The Hall–Kier alpha value is -2.15. The lowest BCUT2D eigenvalue weighted by molar-refractivity contribution is -0.131. The fourth-order valence-corrected chi connectivity index (χ4v) is 3.78. The molecule has 1 N–H and O–H groups in total. The van der Waals surface area contributed by atoms with Gasteiger partial charge in [0.2, 0.25) is 11.8 Å². The quantitative estimate of drug-likeness (QED) is 0.865. The first-order chi connectivity index (χ1) is 11.3. The summed E-state index contributed by atoms with van der Waals surface area (Å²) in [7, 11) is 3.61. The van der Waals surface area contributed by atoms with Gasteiger partial charge in [-0.15, -0.1) is 0 Å². The maximum absolute atomic E-state index is 12.7. The molecule has 1 saturated heterocycles. The van der Waals surface area contributed by atoms with Crippen LogP contribution in [0.25, 0.3) is 0 Å². The number of aromatic nitrogens is 1. The van der Waals surface area contributed by atoms with Crippen LogP contribution in [0.15, 0.2) is 16.9 Å². The molecule has 1 fully saturated rings. The van der Waals surface area contributed by atoms with Gasteiger partial charge in [-0.25, -0.2) is 0 Å². The summed E-state index contributed by atoms with van der Waals surface area (Å²) >= 11 is 0. The van der Waals surface area contributed by atoms with Crippen molar-refractivity contribution < 1.29 is 9.59 Å². The lowest BCUT2D eigenvalue weighted by Crippen LogP contribution is -2.48. The van der Waals surface area contributed by atoms with Gasteiger partial charge in [0.05, 0.1) is 6.54 Å². The molecule has 0 aromatic carbocycles. The second-order valence-corrected chi connectivity index (χ2v) is 7.10. The molecule has 24 heavy (non-hydrogen) atoms. The molecule has 130 valence electrons. The second kappa shape index (κ2) is 6.39. The van der Waals surface area contributed by atoms with Gasteiger partial charge in [-0.2, -0.15) is 0 Å². The number of anilines is 1. The Morgan fingerprint density at radius 1 is 1.25 bits per heavy atom. The van der Waals surface area contributed by atoms with Crippen LogP contribution in [-0.2, 0) is 16.1 Å². The van der Waals surface area contributed by atoms with Crippen molar-refractivity contribution >= 4 is 17.5 Å². The van der Waals surface area contributed by atoms with Gasteiger partial charge in [0.25, 0.3) is 5.56 Å². The van der Waals surface area contributed by atoms with Gasteiger partial charge in [-0.3, -0.25) is 14.4 Å². The van der Waals surface area contributed by atoms with E-state index in [1.165, 1.54) is 0 Å². The molecule has 2 amide bonds. The van der Waals surface area contributed by atoms with Crippen molar-refractivity contribution in [2.45, 2.75) is 25.8 Å². The molecule has 2 atom stereocenters. The number of carbonyl (C=O) groups is 2. The molecule has 7 heteroatoms. The van der Waals surface area contributed by atoms with Gasteiger partial charge in [0, 0.05) is 38.2 Å². The number of piperidine rings is 1. The van der Waals surface area contributed by atoms with Crippen LogP contribution in [0.5, 0.6) is 0 Å². The Morgan fingerprint density at radius 2 is 2.00 bits per heavy atom. The zero-order chi connectivity index (χ0) is 17.4. The van der Waals surface area contributed by atoms with Crippen LogP contribution in [0.4, 0.5) is 5.69 Å². The maximum atomic E-state index is 12.7. The highest BCUT2D eigenvalue weighted by Crippen LogP contribution is 2.35. The van der Waals surface area contributed by atoms with E-state index >= 15 is 0 Å². The van der Waals surface area contributed by atoms with E-state index < -0.39 is 0 Å². The van der Waals surface area contributed by atoms with Crippen LogP contribution in [0.3, 0.4) is 0 Å². The molecule has 0 saturated carbocycles. The predicted octanol–water partition coefficient (Wildman–Crippen LogP) is 0.314. The second-order valence-electron chi connectivity index (χ2n) is 7.10. The molecule has 7 nitrogen and oxygen atoms in total. The van der Waals surface area contributed by atoms with E-state index in [1.807, 2.05) is 11.0 Å². The Bertz CT molecular complexity index is 725. The van der Waals surface area contributed by atoms with Crippen molar-refractivity contribution in [2.24, 2.45) is 5.92 Å². The molecule has 3 rings (SSSR count). The Labute approximate surface area is 141 Å². The number of likely N-dealkylation sites (tertiary alicyclic amines) is 1. The number of hydrogen-bond acceptors (Lipinski definition) is 4. The molecule has 3 heterocycles. The highest BCUT2D eigenvalue weighted by molar-refractivity contribution is 5.92. The van der Waals surface area contributed by atoms with Gasteiger partial charge in [-0.05, 0) is 38.6 Å². The standard InChI is InChI=1S/C17H24N4O3/c1-11(22)20-7-12-6-13(9-20)15-5-4-14(17(24)21(15)8-12)18-16(23)10-19(2)3/h4-5,12-13H,6-10H2,1-3H3,(H,18,23)/t12-,13+/m0/s1. The minimum atomic E-state index is -0.198. The van der Waals surface area contributed by atoms with E-state index in [0.29, 0.717) is 31.2 Å². The van der Waals surface area contributed by atoms with Gasteiger partial charge >= 0.3 is 0 Å². The van der Waals surface area contributed by atoms with E-state index in [-0.39, 0.29) is 29.8 Å². The number of amides is 2. The number of likely N-dealkylation sites (N-methyl/N-ethyl adjacent to an activating group) is 1. The average molecular weight is 332 g/mol. The first kappa shape index (κ1) is 16.7. The van der Waals surface area contributed by atoms with Crippen LogP contribution >= 0.6 is 0 Å². The molecular formula is C17H24N4O3. The lowest BCUT2D eigenvalue weighted by Gasteiger charge is -2.42. The first-order valence-corrected chi connectivity index (χ1v) is 8.29. The molecule has 2 aliphatic heterocycles. The van der Waals surface area contributed by atoms with Crippen LogP contribution in [0.2, 0.25) is 0 Å². The summed E-state index contributed by atoms with van der Waals surface area (Å²) in [5, 5.41) is 2.71. The average Bonchev–Trinajstić information content (AvgIpc) is 2.49. The van der Waals surface area contributed by atoms with Crippen molar-refractivity contribution in [1.82, 2.24) is 14.4 Å². The highest BCUT2D eigenvalue weighted by atomic mass is 16.2. The number of carbonyl (C=O) groups excluding carboxylic acids is 2. The summed E-state index contributed by atoms with van der Waals surface area (Å²) in [4.78, 5) is 40.0. The van der Waals surface area contributed by atoms with Crippen LogP contribution in [0, 0.1) is 5.92 Å². The molecule has 2 bridgehead atoms. The van der Waals surface area contributed by atoms with Crippen LogP contribution in [0.1, 0.15) is 25.0 Å². The number of nitrogens with one attached hydrogen (secondary N) is 1. The van der Waals surface area contributed by atoms with Crippen molar-refractivity contribution in [3.8, 4) is 0 Å². The van der Waals surface area contributed by atoms with E-state index in [4.69, 9.17) is 0 Å². The summed E-state index contributed by atoms with van der Waals surface area (Å²) in [5.41, 5.74) is 1.15. The van der Waals surface area contributed by atoms with Gasteiger partial charge in [0.15, 0.2) is 0 Å². The van der Waals surface area contributed by atoms with Gasteiger partial charge in [0.1, 0.15) is 5.69 Å². The predicted molar refractivity (Wildman–Crippen MR) is 91.0 cm³/mol. The molecule has 0 aliphatic carbocycles. The Morgan fingerprint density at radius 3 is 2.67 bits per heavy atom. The summed E-state index contributed by atoms with van der Waals surface area (Å²) in [6.45, 7) is 3.80. The van der Waals surface area contributed by atoms with E-state index in [2.05, 4.69) is 5.32 Å². The third kappa shape index (κ3) is 3.21. The Balaban J connectivity index is 1.86. The minimum absolute atomic E-state index is 0.0908. The zero-order valence-electron chi connectivity index (χ0n) is 14.4. The van der Waals surface area contributed by atoms with Gasteiger partial charge in [-0.1, -0.05) is 0 Å². The van der Waals surface area contributed by atoms with Gasteiger partial charge < -0.3 is 19.7 Å². The largest absolute Gasteiger partial charge is 0.342 e. The van der Waals surface area contributed by atoms with E-state index in [1.54, 1.807) is 36.6 Å². The third-order valence-electron chi connectivity index (χ3n) is 4.78. The van der Waals surface area contributed by atoms with Crippen molar-refractivity contribution in [1.29, 1.82) is 0 Å². The normalized spacial score (nSPS) is 22.2. The van der Waals surface area contributed by atoms with Crippen molar-refractivity contribution in [3.63, 3.8) is 0 Å². The summed E-state index contributed by atoms with van der Waals surface area (Å²) in [6, 6.07) is 3.60. The van der Waals surface area contributed by atoms with Crippen molar-refractivity contribution in [2.75, 3.05) is 39.0 Å². The zero-order valence-corrected chi connectivity index (χ0v) is 14.4. The smallest absolute Gasteiger partial charge is 0.274 e. The molecule has 0 spiro atoms. The molecule has 0 unspecified atom stereocenters. The first-order valence-electron chi connectivity index (χ1n) is 8.29. The summed E-state index contributed by atoms with van der Waals surface area (Å²) in [5.74, 6) is 0.385. The molecule has 2 aliphatic rings. The third-order valence-corrected chi connectivity index (χ3v) is 4.78. The number of hydrogen-bond donors (Lipinski definition) is 1. The minimum Gasteiger partial charge on any atom is -0.342 e. The summed E-state index contributed by atoms with van der Waals surface area (Å²) < 4.78 is 1.78. The molecule has 0 radical (unpaired) electrons. The van der Waals surface area contributed by atoms with Crippen molar-refractivity contribution in [3.05, 3.63) is 28.2 Å². The highest BCUT2D eigenvalue weighted by Gasteiger charge is 2.35. The summed E-state index contributed by atoms with van der Waals surface area (Å²) in [6.07, 6.45) is 1.01. The SMILES string of the molecule is CC(=O)N1C[C@@H]2C[C@H](C1)c1ccc(NC(=O)CN(C)C)c(=O)n1C2. The fraction of sp³-hybridized carbons (Fsp3) is 0.588. The van der Waals surface area contributed by atoms with E-state index in [9.17, 15) is 14.4 Å².